The maximum absolute atomic E-state index is 11.0. The summed E-state index contributed by atoms with van der Waals surface area (Å²) in [6, 6.07) is 12.4. The van der Waals surface area contributed by atoms with E-state index < -0.39 is 9.85 Å². The zero-order valence-corrected chi connectivity index (χ0v) is 16.1. The Morgan fingerprint density at radius 1 is 0.759 bits per heavy atom. The molecular weight excluding hydrogens is 382 g/mol. The Hall–Kier alpha value is -3.24. The Morgan fingerprint density at radius 2 is 1.17 bits per heavy atom. The van der Waals surface area contributed by atoms with Gasteiger partial charge in [0.1, 0.15) is 13.2 Å². The number of methoxy groups -OCH3 is 1. The molecule has 0 aliphatic heterocycles. The number of nitro benzene ring substituents is 2. The molecule has 10 heteroatoms. The van der Waals surface area contributed by atoms with Crippen molar-refractivity contribution >= 4 is 11.4 Å². The molecule has 0 bridgehead atoms. The molecule has 2 aromatic rings. The molecule has 0 aliphatic carbocycles. The molecule has 2 rings (SSSR count). The van der Waals surface area contributed by atoms with Crippen molar-refractivity contribution in [3.63, 3.8) is 0 Å². The highest BCUT2D eigenvalue weighted by Crippen LogP contribution is 2.26. The van der Waals surface area contributed by atoms with E-state index in [9.17, 15) is 20.2 Å². The van der Waals surface area contributed by atoms with E-state index in [1.807, 2.05) is 4.90 Å². The Morgan fingerprint density at radius 3 is 1.59 bits per heavy atom. The summed E-state index contributed by atoms with van der Waals surface area (Å²) in [6.45, 7) is 2.51. The average molecular weight is 405 g/mol. The Balaban J connectivity index is 1.88. The van der Waals surface area contributed by atoms with Gasteiger partial charge in [-0.1, -0.05) is 24.3 Å². The van der Waals surface area contributed by atoms with Gasteiger partial charge in [0.05, 0.1) is 16.5 Å². The summed E-state index contributed by atoms with van der Waals surface area (Å²) in [4.78, 5) is 23.1. The van der Waals surface area contributed by atoms with E-state index in [4.69, 9.17) is 14.2 Å². The molecule has 0 saturated carbocycles. The van der Waals surface area contributed by atoms with Gasteiger partial charge in [-0.25, -0.2) is 0 Å². The lowest BCUT2D eigenvalue weighted by Gasteiger charge is -2.22. The topological polar surface area (TPSA) is 117 Å². The SMILES string of the molecule is COCCN(CCOc1ccccc1[N+](=O)[O-])CCOc1ccccc1[N+](=O)[O-]. The number of para-hydroxylation sites is 4. The average Bonchev–Trinajstić information content (AvgIpc) is 2.72. The monoisotopic (exact) mass is 405 g/mol. The fourth-order valence-corrected chi connectivity index (χ4v) is 2.59. The number of rotatable bonds is 13. The van der Waals surface area contributed by atoms with Crippen LogP contribution in [0.2, 0.25) is 0 Å². The van der Waals surface area contributed by atoms with Crippen LogP contribution in [0.1, 0.15) is 0 Å². The van der Waals surface area contributed by atoms with Crippen LogP contribution in [0, 0.1) is 20.2 Å². The van der Waals surface area contributed by atoms with Crippen LogP contribution in [0.25, 0.3) is 0 Å². The first-order chi connectivity index (χ1) is 14.0. The molecule has 0 spiro atoms. The highest BCUT2D eigenvalue weighted by atomic mass is 16.6. The summed E-state index contributed by atoms with van der Waals surface area (Å²) in [6.07, 6.45) is 0. The van der Waals surface area contributed by atoms with Crippen LogP contribution in [0.15, 0.2) is 48.5 Å². The lowest BCUT2D eigenvalue weighted by molar-refractivity contribution is -0.386. The molecule has 0 N–H and O–H groups in total. The van der Waals surface area contributed by atoms with Crippen molar-refractivity contribution in [2.45, 2.75) is 0 Å². The van der Waals surface area contributed by atoms with E-state index in [0.29, 0.717) is 26.2 Å². The zero-order chi connectivity index (χ0) is 21.1. The van der Waals surface area contributed by atoms with Crippen LogP contribution in [-0.4, -0.2) is 61.3 Å². The Kier molecular flexibility index (Phi) is 8.80. The van der Waals surface area contributed by atoms with Crippen molar-refractivity contribution in [2.75, 3.05) is 46.6 Å². The third-order valence-corrected chi connectivity index (χ3v) is 4.07. The van der Waals surface area contributed by atoms with E-state index in [0.717, 1.165) is 0 Å². The van der Waals surface area contributed by atoms with Crippen molar-refractivity contribution in [3.05, 3.63) is 68.8 Å². The summed E-state index contributed by atoms with van der Waals surface area (Å²) in [5.74, 6) is 0.417. The first-order valence-electron chi connectivity index (χ1n) is 8.96. The number of benzene rings is 2. The predicted molar refractivity (Wildman–Crippen MR) is 105 cm³/mol. The number of nitro groups is 2. The summed E-state index contributed by atoms with van der Waals surface area (Å²) in [5.41, 5.74) is -0.175. The highest BCUT2D eigenvalue weighted by Gasteiger charge is 2.16. The van der Waals surface area contributed by atoms with Crippen molar-refractivity contribution in [1.29, 1.82) is 0 Å². The standard InChI is InChI=1S/C19H23N3O7/c1-27-13-10-20(11-14-28-18-8-4-2-6-16(18)21(23)24)12-15-29-19-9-5-3-7-17(19)22(25)26/h2-9H,10-15H2,1H3. The molecule has 0 aromatic heterocycles. The molecule has 0 unspecified atom stereocenters. The van der Waals surface area contributed by atoms with Gasteiger partial charge in [0.2, 0.25) is 0 Å². The Bertz CT molecular complexity index is 752. The number of ether oxygens (including phenoxy) is 3. The van der Waals surface area contributed by atoms with Crippen molar-refractivity contribution in [3.8, 4) is 11.5 Å². The van der Waals surface area contributed by atoms with Gasteiger partial charge in [0.25, 0.3) is 0 Å². The predicted octanol–water partition coefficient (Wildman–Crippen LogP) is 2.91. The molecule has 0 heterocycles. The van der Waals surface area contributed by atoms with Gasteiger partial charge in [-0.2, -0.15) is 0 Å². The van der Waals surface area contributed by atoms with Gasteiger partial charge in [0, 0.05) is 38.9 Å². The minimum absolute atomic E-state index is 0.0874. The molecule has 29 heavy (non-hydrogen) atoms. The summed E-state index contributed by atoms with van der Waals surface area (Å²) < 4.78 is 16.2. The van der Waals surface area contributed by atoms with Gasteiger partial charge in [-0.15, -0.1) is 0 Å². The number of hydrogen-bond donors (Lipinski definition) is 0. The Labute approximate surface area is 167 Å². The first-order valence-corrected chi connectivity index (χ1v) is 8.96. The molecule has 0 saturated heterocycles. The van der Waals surface area contributed by atoms with Crippen molar-refractivity contribution in [2.24, 2.45) is 0 Å². The molecule has 0 fully saturated rings. The van der Waals surface area contributed by atoms with Crippen molar-refractivity contribution in [1.82, 2.24) is 4.90 Å². The second-order valence-corrected chi connectivity index (χ2v) is 5.98. The lowest BCUT2D eigenvalue weighted by Crippen LogP contribution is -2.35. The van der Waals surface area contributed by atoms with Gasteiger partial charge in [-0.3, -0.25) is 25.1 Å². The normalized spacial score (nSPS) is 10.7. The maximum atomic E-state index is 11.0. The van der Waals surface area contributed by atoms with Crippen LogP contribution in [-0.2, 0) is 4.74 Å². The van der Waals surface area contributed by atoms with E-state index in [1.54, 1.807) is 43.5 Å². The minimum Gasteiger partial charge on any atom is -0.485 e. The lowest BCUT2D eigenvalue weighted by atomic mass is 10.3. The summed E-state index contributed by atoms with van der Waals surface area (Å²) in [5, 5.41) is 22.1. The first kappa shape index (κ1) is 22.1. The second kappa shape index (κ2) is 11.6. The smallest absolute Gasteiger partial charge is 0.310 e. The van der Waals surface area contributed by atoms with Gasteiger partial charge in [0.15, 0.2) is 11.5 Å². The van der Waals surface area contributed by atoms with E-state index in [2.05, 4.69) is 0 Å². The molecule has 2 aromatic carbocycles. The quantitative estimate of drug-likeness (QED) is 0.369. The summed E-state index contributed by atoms with van der Waals surface area (Å²) in [7, 11) is 1.59. The fourth-order valence-electron chi connectivity index (χ4n) is 2.59. The number of nitrogens with zero attached hydrogens (tertiary/aromatic N) is 3. The van der Waals surface area contributed by atoms with E-state index in [-0.39, 0.29) is 36.1 Å². The van der Waals surface area contributed by atoms with E-state index >= 15 is 0 Å². The largest absolute Gasteiger partial charge is 0.485 e. The molecule has 0 amide bonds. The third-order valence-electron chi connectivity index (χ3n) is 4.07. The van der Waals surface area contributed by atoms with Gasteiger partial charge < -0.3 is 14.2 Å². The van der Waals surface area contributed by atoms with Gasteiger partial charge in [-0.05, 0) is 12.1 Å². The highest BCUT2D eigenvalue weighted by molar-refractivity contribution is 5.46. The molecule has 0 atom stereocenters. The molecular formula is C19H23N3O7. The second-order valence-electron chi connectivity index (χ2n) is 5.98. The molecule has 156 valence electrons. The van der Waals surface area contributed by atoms with Gasteiger partial charge >= 0.3 is 11.4 Å². The van der Waals surface area contributed by atoms with Crippen LogP contribution in [0.5, 0.6) is 11.5 Å². The van der Waals surface area contributed by atoms with E-state index in [1.165, 1.54) is 12.1 Å². The minimum atomic E-state index is -0.487. The third kappa shape index (κ3) is 7.01. The molecule has 10 nitrogen and oxygen atoms in total. The molecule has 0 aliphatic rings. The van der Waals surface area contributed by atoms with Crippen molar-refractivity contribution < 1.29 is 24.1 Å². The maximum Gasteiger partial charge on any atom is 0.310 e. The zero-order valence-electron chi connectivity index (χ0n) is 16.1. The van der Waals surface area contributed by atoms with Crippen LogP contribution in [0.4, 0.5) is 11.4 Å². The fraction of sp³-hybridized carbons (Fsp3) is 0.368. The van der Waals surface area contributed by atoms with Crippen LogP contribution in [0.3, 0.4) is 0 Å². The van der Waals surface area contributed by atoms with Crippen LogP contribution < -0.4 is 9.47 Å². The summed E-state index contributed by atoms with van der Waals surface area (Å²) >= 11 is 0. The number of hydrogen-bond acceptors (Lipinski definition) is 8. The van der Waals surface area contributed by atoms with Crippen LogP contribution >= 0.6 is 0 Å². The molecule has 0 radical (unpaired) electrons.